The van der Waals surface area contributed by atoms with Crippen molar-refractivity contribution in [3.05, 3.63) is 33.3 Å². The van der Waals surface area contributed by atoms with E-state index in [1.807, 2.05) is 0 Å². The van der Waals surface area contributed by atoms with Gasteiger partial charge in [-0.15, -0.1) is 0 Å². The standard InChI is InChI=1S/C7H4Cl2N2O6S/c8-4-1-2-6(5(3-4)11(13)14)17-7(12)10-18(9,15)16/h1-3H,(H,10,12). The molecule has 98 valence electrons. The van der Waals surface area contributed by atoms with Crippen molar-refractivity contribution < 1.29 is 22.9 Å². The predicted octanol–water partition coefficient (Wildman–Crippen LogP) is 1.82. The van der Waals surface area contributed by atoms with Crippen LogP contribution in [0, 0.1) is 10.1 Å². The molecule has 0 aromatic heterocycles. The van der Waals surface area contributed by atoms with Crippen LogP contribution in [0.5, 0.6) is 5.75 Å². The van der Waals surface area contributed by atoms with Crippen molar-refractivity contribution >= 4 is 43.3 Å². The average molecular weight is 315 g/mol. The highest BCUT2D eigenvalue weighted by Gasteiger charge is 2.20. The first-order valence-electron chi connectivity index (χ1n) is 4.07. The van der Waals surface area contributed by atoms with Gasteiger partial charge in [0.25, 0.3) is 0 Å². The average Bonchev–Trinajstić information content (AvgIpc) is 2.17. The Labute approximate surface area is 110 Å². The summed E-state index contributed by atoms with van der Waals surface area (Å²) in [7, 11) is 0.394. The summed E-state index contributed by atoms with van der Waals surface area (Å²) in [6.07, 6.45) is -1.48. The number of nitrogens with one attached hydrogen (secondary N) is 1. The normalized spacial score (nSPS) is 10.8. The zero-order valence-corrected chi connectivity index (χ0v) is 10.6. The molecular formula is C7H4Cl2N2O6S. The summed E-state index contributed by atoms with van der Waals surface area (Å²) in [4.78, 5) is 20.8. The highest BCUT2D eigenvalue weighted by Crippen LogP contribution is 2.29. The van der Waals surface area contributed by atoms with E-state index in [0.717, 1.165) is 12.1 Å². The summed E-state index contributed by atoms with van der Waals surface area (Å²) in [5, 5.41) is 10.7. The van der Waals surface area contributed by atoms with Gasteiger partial charge in [-0.3, -0.25) is 10.1 Å². The van der Waals surface area contributed by atoms with Gasteiger partial charge in [-0.1, -0.05) is 11.6 Å². The molecule has 0 aliphatic rings. The molecule has 0 fully saturated rings. The molecule has 0 saturated heterocycles. The first-order valence-corrected chi connectivity index (χ1v) is 6.76. The van der Waals surface area contributed by atoms with E-state index in [9.17, 15) is 23.3 Å². The van der Waals surface area contributed by atoms with Crippen molar-refractivity contribution in [2.45, 2.75) is 0 Å². The number of hydrogen-bond donors (Lipinski definition) is 1. The second kappa shape index (κ2) is 5.38. The number of rotatable bonds is 3. The molecule has 8 nitrogen and oxygen atoms in total. The van der Waals surface area contributed by atoms with Crippen LogP contribution in [-0.4, -0.2) is 19.4 Å². The van der Waals surface area contributed by atoms with Crippen molar-refractivity contribution in [2.24, 2.45) is 0 Å². The monoisotopic (exact) mass is 314 g/mol. The maximum absolute atomic E-state index is 11.0. The molecule has 0 heterocycles. The fourth-order valence-corrected chi connectivity index (χ4v) is 1.54. The third-order valence-electron chi connectivity index (χ3n) is 1.53. The van der Waals surface area contributed by atoms with Gasteiger partial charge >= 0.3 is 21.0 Å². The Morgan fingerprint density at radius 2 is 2.06 bits per heavy atom. The molecule has 0 radical (unpaired) electrons. The van der Waals surface area contributed by atoms with Crippen LogP contribution in [0.15, 0.2) is 18.2 Å². The minimum Gasteiger partial charge on any atom is -0.402 e. The molecule has 11 heteroatoms. The topological polar surface area (TPSA) is 116 Å². The van der Waals surface area contributed by atoms with E-state index in [-0.39, 0.29) is 5.02 Å². The second-order valence-corrected chi connectivity index (χ2v) is 5.53. The Kier molecular flexibility index (Phi) is 4.33. The van der Waals surface area contributed by atoms with Gasteiger partial charge in [-0.25, -0.2) is 9.52 Å². The molecule has 1 aromatic carbocycles. The van der Waals surface area contributed by atoms with Crippen LogP contribution >= 0.6 is 22.3 Å². The SMILES string of the molecule is O=C(NS(=O)(=O)Cl)Oc1ccc(Cl)cc1[N+](=O)[O-]. The summed E-state index contributed by atoms with van der Waals surface area (Å²) < 4.78 is 26.7. The van der Waals surface area contributed by atoms with Crippen molar-refractivity contribution in [2.75, 3.05) is 0 Å². The predicted molar refractivity (Wildman–Crippen MR) is 62.0 cm³/mol. The number of benzene rings is 1. The molecule has 1 amide bonds. The maximum atomic E-state index is 11.0. The number of hydrogen-bond acceptors (Lipinski definition) is 6. The molecular weight excluding hydrogens is 311 g/mol. The number of carbonyl (C=O) groups is 1. The molecule has 18 heavy (non-hydrogen) atoms. The largest absolute Gasteiger partial charge is 0.427 e. The lowest BCUT2D eigenvalue weighted by Gasteiger charge is -2.04. The number of amides is 1. The summed E-state index contributed by atoms with van der Waals surface area (Å²) >= 11 is 5.53. The zero-order valence-electron chi connectivity index (χ0n) is 8.29. The van der Waals surface area contributed by atoms with Crippen LogP contribution in [0.1, 0.15) is 0 Å². The molecule has 0 atom stereocenters. The summed E-state index contributed by atoms with van der Waals surface area (Å²) in [6, 6.07) is 3.21. The smallest absolute Gasteiger partial charge is 0.402 e. The van der Waals surface area contributed by atoms with Gasteiger partial charge in [0.1, 0.15) is 0 Å². The van der Waals surface area contributed by atoms with Gasteiger partial charge in [-0.05, 0) is 12.1 Å². The van der Waals surface area contributed by atoms with E-state index < -0.39 is 31.7 Å². The van der Waals surface area contributed by atoms with Gasteiger partial charge in [0.15, 0.2) is 0 Å². The lowest BCUT2D eigenvalue weighted by Crippen LogP contribution is -2.29. The van der Waals surface area contributed by atoms with Crippen LogP contribution in [-0.2, 0) is 9.24 Å². The van der Waals surface area contributed by atoms with Crippen molar-refractivity contribution in [3.8, 4) is 5.75 Å². The van der Waals surface area contributed by atoms with Gasteiger partial charge in [0.05, 0.1) is 4.92 Å². The summed E-state index contributed by atoms with van der Waals surface area (Å²) in [6.45, 7) is 0. The number of ether oxygens (including phenoxy) is 1. The fourth-order valence-electron chi connectivity index (χ4n) is 0.940. The minimum atomic E-state index is -4.33. The van der Waals surface area contributed by atoms with E-state index in [2.05, 4.69) is 4.74 Å². The van der Waals surface area contributed by atoms with Crippen LogP contribution in [0.25, 0.3) is 0 Å². The van der Waals surface area contributed by atoms with E-state index >= 15 is 0 Å². The second-order valence-electron chi connectivity index (χ2n) is 2.80. The fraction of sp³-hybridized carbons (Fsp3) is 0. The molecule has 0 saturated carbocycles. The molecule has 0 bridgehead atoms. The molecule has 0 spiro atoms. The van der Waals surface area contributed by atoms with Crippen LogP contribution in [0.2, 0.25) is 5.02 Å². The van der Waals surface area contributed by atoms with Crippen molar-refractivity contribution in [3.63, 3.8) is 0 Å². The Morgan fingerprint density at radius 1 is 1.44 bits per heavy atom. The Morgan fingerprint density at radius 3 is 2.56 bits per heavy atom. The maximum Gasteiger partial charge on any atom is 0.427 e. The molecule has 0 aliphatic carbocycles. The first-order chi connectivity index (χ1) is 8.19. The van der Waals surface area contributed by atoms with Gasteiger partial charge in [0.2, 0.25) is 5.75 Å². The van der Waals surface area contributed by atoms with Crippen LogP contribution in [0.3, 0.4) is 0 Å². The van der Waals surface area contributed by atoms with Crippen molar-refractivity contribution in [1.82, 2.24) is 4.72 Å². The van der Waals surface area contributed by atoms with Gasteiger partial charge < -0.3 is 4.74 Å². The van der Waals surface area contributed by atoms with E-state index in [1.54, 1.807) is 0 Å². The summed E-state index contributed by atoms with van der Waals surface area (Å²) in [5.41, 5.74) is -0.593. The van der Waals surface area contributed by atoms with E-state index in [4.69, 9.17) is 22.3 Å². The molecule has 1 aromatic rings. The minimum absolute atomic E-state index is 0.0550. The van der Waals surface area contributed by atoms with Gasteiger partial charge in [0, 0.05) is 21.8 Å². The van der Waals surface area contributed by atoms with E-state index in [0.29, 0.717) is 0 Å². The Hall–Kier alpha value is -1.58. The summed E-state index contributed by atoms with van der Waals surface area (Å²) in [5.74, 6) is -0.470. The first kappa shape index (κ1) is 14.5. The number of nitro groups is 1. The van der Waals surface area contributed by atoms with Crippen LogP contribution in [0.4, 0.5) is 10.5 Å². The Balaban J connectivity index is 2.98. The number of nitro benzene ring substituents is 1. The molecule has 0 unspecified atom stereocenters. The Bertz CT molecular complexity index is 602. The van der Waals surface area contributed by atoms with Crippen molar-refractivity contribution in [1.29, 1.82) is 0 Å². The van der Waals surface area contributed by atoms with E-state index in [1.165, 1.54) is 10.8 Å². The lowest BCUT2D eigenvalue weighted by molar-refractivity contribution is -0.385. The zero-order chi connectivity index (χ0) is 13.9. The highest BCUT2D eigenvalue weighted by atomic mass is 35.7. The highest BCUT2D eigenvalue weighted by molar-refractivity contribution is 8.12. The number of halogens is 2. The number of carbonyl (C=O) groups excluding carboxylic acids is 1. The lowest BCUT2D eigenvalue weighted by atomic mass is 10.3. The molecule has 0 aliphatic heterocycles. The molecule has 1 rings (SSSR count). The third-order valence-corrected chi connectivity index (χ3v) is 2.40. The van der Waals surface area contributed by atoms with Gasteiger partial charge in [-0.2, -0.15) is 8.42 Å². The van der Waals surface area contributed by atoms with Crippen LogP contribution < -0.4 is 9.46 Å². The quantitative estimate of drug-likeness (QED) is 0.517. The number of nitrogens with zero attached hydrogens (tertiary/aromatic N) is 1. The third kappa shape index (κ3) is 4.35. The molecule has 1 N–H and O–H groups in total.